The molecule has 32 heavy (non-hydrogen) atoms. The Bertz CT molecular complexity index is 966. The predicted octanol–water partition coefficient (Wildman–Crippen LogP) is 7.37. The summed E-state index contributed by atoms with van der Waals surface area (Å²) in [4.78, 5) is 0. The number of aromatic hydroxyl groups is 3. The van der Waals surface area contributed by atoms with E-state index in [1.54, 1.807) is 19.1 Å². The van der Waals surface area contributed by atoms with E-state index >= 15 is 0 Å². The van der Waals surface area contributed by atoms with Gasteiger partial charge in [-0.05, 0) is 57.7 Å². The van der Waals surface area contributed by atoms with Crippen LogP contribution in [0.25, 0.3) is 0 Å². The largest absolute Gasteiger partial charge is 0.508 e. The Kier molecular flexibility index (Phi) is 7.02. The molecule has 4 heteroatoms. The van der Waals surface area contributed by atoms with Crippen molar-refractivity contribution in [2.45, 2.75) is 97.5 Å². The highest BCUT2D eigenvalue weighted by Gasteiger charge is 2.56. The Balaban J connectivity index is 2.37. The zero-order valence-electron chi connectivity index (χ0n) is 20.6. The summed E-state index contributed by atoms with van der Waals surface area (Å²) in [6.45, 7) is 12.5. The van der Waals surface area contributed by atoms with Crippen LogP contribution in [0.4, 0.5) is 0 Å². The van der Waals surface area contributed by atoms with Crippen LogP contribution >= 0.6 is 0 Å². The van der Waals surface area contributed by atoms with Crippen LogP contribution in [0.5, 0.6) is 23.0 Å². The lowest BCUT2D eigenvalue weighted by Crippen LogP contribution is -2.54. The lowest BCUT2D eigenvalue weighted by molar-refractivity contribution is -0.0642. The second-order valence-electron chi connectivity index (χ2n) is 9.62. The van der Waals surface area contributed by atoms with Gasteiger partial charge in [-0.15, -0.1) is 0 Å². The smallest absolute Gasteiger partial charge is 0.141 e. The maximum absolute atomic E-state index is 11.2. The molecule has 0 radical (unpaired) electrons. The Morgan fingerprint density at radius 1 is 0.812 bits per heavy atom. The van der Waals surface area contributed by atoms with Gasteiger partial charge in [0, 0.05) is 33.6 Å². The minimum absolute atomic E-state index is 0.0855. The molecule has 0 amide bonds. The fourth-order valence-corrected chi connectivity index (χ4v) is 5.83. The van der Waals surface area contributed by atoms with Crippen LogP contribution in [0.2, 0.25) is 0 Å². The highest BCUT2D eigenvalue weighted by molar-refractivity contribution is 5.57. The van der Waals surface area contributed by atoms with Crippen molar-refractivity contribution >= 4 is 0 Å². The molecule has 3 atom stereocenters. The molecular weight excluding hydrogens is 400 g/mol. The summed E-state index contributed by atoms with van der Waals surface area (Å²) < 4.78 is 6.94. The number of rotatable bonds is 8. The average Bonchev–Trinajstić information content (AvgIpc) is 2.79. The maximum atomic E-state index is 11.2. The quantitative estimate of drug-likeness (QED) is 0.401. The molecule has 0 fully saturated rings. The van der Waals surface area contributed by atoms with E-state index < -0.39 is 5.60 Å². The van der Waals surface area contributed by atoms with E-state index in [-0.39, 0.29) is 28.6 Å². The highest BCUT2D eigenvalue weighted by Crippen LogP contribution is 2.60. The van der Waals surface area contributed by atoms with Crippen LogP contribution in [-0.4, -0.2) is 15.3 Å². The second-order valence-corrected chi connectivity index (χ2v) is 9.62. The minimum Gasteiger partial charge on any atom is -0.508 e. The Hall–Kier alpha value is -2.36. The molecule has 2 aromatic rings. The molecule has 2 aromatic carbocycles. The van der Waals surface area contributed by atoms with E-state index in [2.05, 4.69) is 27.7 Å². The van der Waals surface area contributed by atoms with Crippen molar-refractivity contribution in [2.75, 3.05) is 0 Å². The van der Waals surface area contributed by atoms with Gasteiger partial charge in [0.15, 0.2) is 0 Å². The van der Waals surface area contributed by atoms with Crippen molar-refractivity contribution in [3.05, 3.63) is 46.5 Å². The number of fused-ring (bicyclic) bond motifs is 1. The Morgan fingerprint density at radius 3 is 1.97 bits per heavy atom. The topological polar surface area (TPSA) is 69.9 Å². The van der Waals surface area contributed by atoms with Crippen LogP contribution in [0, 0.1) is 19.8 Å². The molecular formula is C28H40O4. The number of phenols is 3. The standard InChI is InChI=1S/C28H40O4/c1-7-10-16-27(9-3)20(6)28(17-11-8-2,21-12-14-23(29)18(4)25(21)31)32-26-19(5)24(30)15-13-22(26)27/h12-15,20,29-31H,7-11,16-17H2,1-6H3. The molecule has 0 spiro atoms. The van der Waals surface area contributed by atoms with Crippen LogP contribution < -0.4 is 4.74 Å². The lowest BCUT2D eigenvalue weighted by Gasteiger charge is -2.55. The van der Waals surface area contributed by atoms with Crippen LogP contribution in [0.1, 0.15) is 94.9 Å². The summed E-state index contributed by atoms with van der Waals surface area (Å²) in [7, 11) is 0. The normalized spacial score (nSPS) is 24.8. The first-order valence-corrected chi connectivity index (χ1v) is 12.2. The van der Waals surface area contributed by atoms with Crippen molar-refractivity contribution in [3.63, 3.8) is 0 Å². The second kappa shape index (κ2) is 9.25. The summed E-state index contributed by atoms with van der Waals surface area (Å²) in [6, 6.07) is 7.33. The van der Waals surface area contributed by atoms with Crippen molar-refractivity contribution in [1.29, 1.82) is 0 Å². The first-order valence-electron chi connectivity index (χ1n) is 12.2. The number of unbranched alkanes of at least 4 members (excludes halogenated alkanes) is 2. The first kappa shape index (κ1) is 24.3. The maximum Gasteiger partial charge on any atom is 0.141 e. The molecule has 4 nitrogen and oxygen atoms in total. The third-order valence-corrected chi connectivity index (χ3v) is 8.09. The van der Waals surface area contributed by atoms with Crippen LogP contribution in [0.3, 0.4) is 0 Å². The zero-order valence-corrected chi connectivity index (χ0v) is 20.6. The number of hydrogen-bond donors (Lipinski definition) is 3. The highest BCUT2D eigenvalue weighted by atomic mass is 16.5. The fraction of sp³-hybridized carbons (Fsp3) is 0.571. The van der Waals surface area contributed by atoms with Crippen molar-refractivity contribution in [1.82, 2.24) is 0 Å². The number of phenolic OH excluding ortho intramolecular Hbond substituents is 3. The molecule has 176 valence electrons. The van der Waals surface area contributed by atoms with E-state index in [0.717, 1.165) is 61.8 Å². The van der Waals surface area contributed by atoms with Gasteiger partial charge < -0.3 is 20.1 Å². The van der Waals surface area contributed by atoms with Gasteiger partial charge in [0.1, 0.15) is 28.6 Å². The fourth-order valence-electron chi connectivity index (χ4n) is 5.83. The van der Waals surface area contributed by atoms with Crippen molar-refractivity contribution in [2.24, 2.45) is 5.92 Å². The summed E-state index contributed by atoms with van der Waals surface area (Å²) in [5.74, 6) is 1.26. The molecule has 1 heterocycles. The van der Waals surface area contributed by atoms with E-state index in [1.807, 2.05) is 19.1 Å². The first-order chi connectivity index (χ1) is 15.2. The predicted molar refractivity (Wildman–Crippen MR) is 130 cm³/mol. The zero-order chi connectivity index (χ0) is 23.7. The van der Waals surface area contributed by atoms with Gasteiger partial charge in [0.05, 0.1) is 0 Å². The van der Waals surface area contributed by atoms with Gasteiger partial charge in [-0.25, -0.2) is 0 Å². The number of benzene rings is 2. The molecule has 0 saturated heterocycles. The number of hydrogen-bond acceptors (Lipinski definition) is 4. The van der Waals surface area contributed by atoms with Gasteiger partial charge in [0.25, 0.3) is 0 Å². The van der Waals surface area contributed by atoms with Crippen molar-refractivity contribution in [3.8, 4) is 23.0 Å². The van der Waals surface area contributed by atoms with E-state index in [9.17, 15) is 15.3 Å². The van der Waals surface area contributed by atoms with E-state index in [0.29, 0.717) is 5.56 Å². The summed E-state index contributed by atoms with van der Waals surface area (Å²) in [5, 5.41) is 32.0. The van der Waals surface area contributed by atoms with Gasteiger partial charge in [-0.1, -0.05) is 53.0 Å². The molecule has 0 aliphatic carbocycles. The summed E-state index contributed by atoms with van der Waals surface area (Å²) in [6.07, 6.45) is 6.88. The van der Waals surface area contributed by atoms with Crippen LogP contribution in [0.15, 0.2) is 24.3 Å². The monoisotopic (exact) mass is 440 g/mol. The molecule has 3 N–H and O–H groups in total. The SMILES string of the molecule is CCCCC1(CC)c2ccc(O)c(C)c2OC(CCCC)(c2ccc(O)c(C)c2O)C1C. The van der Waals surface area contributed by atoms with E-state index in [1.165, 1.54) is 5.56 Å². The third kappa shape index (κ3) is 3.62. The lowest BCUT2D eigenvalue weighted by atomic mass is 9.56. The molecule has 0 aromatic heterocycles. The van der Waals surface area contributed by atoms with Gasteiger partial charge in [-0.2, -0.15) is 0 Å². The average molecular weight is 441 g/mol. The number of ether oxygens (including phenoxy) is 1. The van der Waals surface area contributed by atoms with E-state index in [4.69, 9.17) is 4.74 Å². The molecule has 0 bridgehead atoms. The molecule has 0 saturated carbocycles. The van der Waals surface area contributed by atoms with Crippen molar-refractivity contribution < 1.29 is 20.1 Å². The van der Waals surface area contributed by atoms with Gasteiger partial charge >= 0.3 is 0 Å². The summed E-state index contributed by atoms with van der Waals surface area (Å²) in [5.41, 5.74) is 2.22. The Morgan fingerprint density at radius 2 is 1.38 bits per heavy atom. The summed E-state index contributed by atoms with van der Waals surface area (Å²) >= 11 is 0. The molecule has 3 unspecified atom stereocenters. The minimum atomic E-state index is -0.756. The Labute approximate surface area is 193 Å². The van der Waals surface area contributed by atoms with Gasteiger partial charge in [0.2, 0.25) is 0 Å². The molecule has 1 aliphatic rings. The molecule has 3 rings (SSSR count). The van der Waals surface area contributed by atoms with Gasteiger partial charge in [-0.3, -0.25) is 0 Å². The third-order valence-electron chi connectivity index (χ3n) is 8.09. The molecule has 1 aliphatic heterocycles. The van der Waals surface area contributed by atoms with Crippen LogP contribution in [-0.2, 0) is 11.0 Å².